The van der Waals surface area contributed by atoms with E-state index >= 15 is 0 Å². The summed E-state index contributed by atoms with van der Waals surface area (Å²) in [5.74, 6) is -0.0128. The lowest BCUT2D eigenvalue weighted by molar-refractivity contribution is -0.139. The van der Waals surface area contributed by atoms with Crippen LogP contribution in [-0.2, 0) is 4.79 Å². The molecule has 2 aromatic carbocycles. The first-order valence-electron chi connectivity index (χ1n) is 6.87. The fourth-order valence-corrected chi connectivity index (χ4v) is 2.78. The maximum Gasteiger partial charge on any atom is 0.325 e. The summed E-state index contributed by atoms with van der Waals surface area (Å²) in [6.45, 7) is 2.71. The summed E-state index contributed by atoms with van der Waals surface area (Å²) in [4.78, 5) is 12.5. The molecule has 110 valence electrons. The quantitative estimate of drug-likeness (QED) is 0.607. The molecule has 0 bridgehead atoms. The largest absolute Gasteiger partial charge is 0.480 e. The summed E-state index contributed by atoms with van der Waals surface area (Å²) in [7, 11) is 0. The highest BCUT2D eigenvalue weighted by atomic mass is 32.2. The minimum atomic E-state index is -0.846. The molecular formula is C17H19NO2S. The summed E-state index contributed by atoms with van der Waals surface area (Å²) in [5, 5.41) is 12.4. The monoisotopic (exact) mass is 301 g/mol. The van der Waals surface area contributed by atoms with Gasteiger partial charge in [-0.15, -0.1) is 11.8 Å². The zero-order valence-corrected chi connectivity index (χ0v) is 12.8. The average molecular weight is 301 g/mol. The molecule has 0 aliphatic carbocycles. The number of hydrogen-bond donors (Lipinski definition) is 2. The van der Waals surface area contributed by atoms with Gasteiger partial charge >= 0.3 is 5.97 Å². The molecule has 21 heavy (non-hydrogen) atoms. The number of aliphatic carboxylic acids is 1. The molecule has 1 atom stereocenters. The molecule has 0 aliphatic heterocycles. The van der Waals surface area contributed by atoms with E-state index in [1.807, 2.05) is 30.3 Å². The van der Waals surface area contributed by atoms with Crippen LogP contribution in [-0.4, -0.2) is 23.4 Å². The van der Waals surface area contributed by atoms with Crippen molar-refractivity contribution >= 4 is 17.7 Å². The third kappa shape index (κ3) is 4.92. The fraction of sp³-hybridized carbons (Fsp3) is 0.235. The molecule has 0 saturated heterocycles. The standard InChI is InChI=1S/C17H19NO2S/c1-13-7-9-15(10-8-13)21-12-11-18-16(17(19)20)14-5-3-2-4-6-14/h2-10,16,18H,11-12H2,1H3,(H,19,20). The van der Waals surface area contributed by atoms with Crippen LogP contribution in [0.4, 0.5) is 0 Å². The fourth-order valence-electron chi connectivity index (χ4n) is 2.00. The zero-order chi connectivity index (χ0) is 15.1. The van der Waals surface area contributed by atoms with Crippen LogP contribution < -0.4 is 5.32 Å². The van der Waals surface area contributed by atoms with E-state index in [1.165, 1.54) is 10.5 Å². The molecular weight excluding hydrogens is 282 g/mol. The smallest absolute Gasteiger partial charge is 0.325 e. The number of benzene rings is 2. The summed E-state index contributed by atoms with van der Waals surface area (Å²) >= 11 is 1.72. The summed E-state index contributed by atoms with van der Waals surface area (Å²) < 4.78 is 0. The Morgan fingerprint density at radius 3 is 2.43 bits per heavy atom. The number of carbonyl (C=O) groups is 1. The highest BCUT2D eigenvalue weighted by molar-refractivity contribution is 7.99. The molecule has 0 aromatic heterocycles. The first kappa shape index (κ1) is 15.6. The van der Waals surface area contributed by atoms with E-state index in [1.54, 1.807) is 11.8 Å². The van der Waals surface area contributed by atoms with E-state index in [0.29, 0.717) is 6.54 Å². The summed E-state index contributed by atoms with van der Waals surface area (Å²) in [5.41, 5.74) is 2.03. The van der Waals surface area contributed by atoms with Crippen molar-refractivity contribution in [1.29, 1.82) is 0 Å². The van der Waals surface area contributed by atoms with Gasteiger partial charge in [0.15, 0.2) is 0 Å². The van der Waals surface area contributed by atoms with Gasteiger partial charge in [-0.2, -0.15) is 0 Å². The molecule has 0 spiro atoms. The number of carboxylic acids is 1. The van der Waals surface area contributed by atoms with E-state index in [-0.39, 0.29) is 0 Å². The number of carboxylic acid groups (broad SMARTS) is 1. The molecule has 4 heteroatoms. The first-order valence-corrected chi connectivity index (χ1v) is 7.86. The first-order chi connectivity index (χ1) is 10.2. The van der Waals surface area contributed by atoms with Crippen molar-refractivity contribution in [1.82, 2.24) is 5.32 Å². The molecule has 0 radical (unpaired) electrons. The predicted octanol–water partition coefficient (Wildman–Crippen LogP) is 3.50. The third-order valence-corrected chi connectivity index (χ3v) is 4.13. The number of thioether (sulfide) groups is 1. The molecule has 0 amide bonds. The molecule has 0 aliphatic rings. The van der Waals surface area contributed by atoms with Crippen LogP contribution in [0.5, 0.6) is 0 Å². The highest BCUT2D eigenvalue weighted by Gasteiger charge is 2.18. The molecule has 1 unspecified atom stereocenters. The average Bonchev–Trinajstić information content (AvgIpc) is 2.49. The van der Waals surface area contributed by atoms with E-state index in [2.05, 4.69) is 36.5 Å². The Kier molecular flexibility index (Phi) is 5.84. The second-order valence-corrected chi connectivity index (χ2v) is 5.97. The van der Waals surface area contributed by atoms with Crippen LogP contribution >= 0.6 is 11.8 Å². The molecule has 0 fully saturated rings. The van der Waals surface area contributed by atoms with Crippen molar-refractivity contribution < 1.29 is 9.90 Å². The van der Waals surface area contributed by atoms with Gasteiger partial charge in [-0.25, -0.2) is 0 Å². The summed E-state index contributed by atoms with van der Waals surface area (Å²) in [6.07, 6.45) is 0. The lowest BCUT2D eigenvalue weighted by Crippen LogP contribution is -2.30. The molecule has 2 N–H and O–H groups in total. The van der Waals surface area contributed by atoms with Crippen molar-refractivity contribution in [2.75, 3.05) is 12.3 Å². The minimum absolute atomic E-state index is 0.643. The highest BCUT2D eigenvalue weighted by Crippen LogP contribution is 2.18. The van der Waals surface area contributed by atoms with Crippen LogP contribution in [0.3, 0.4) is 0 Å². The number of hydrogen-bond acceptors (Lipinski definition) is 3. The molecule has 2 aromatic rings. The number of aryl methyl sites for hydroxylation is 1. The van der Waals surface area contributed by atoms with E-state index < -0.39 is 12.0 Å². The van der Waals surface area contributed by atoms with Crippen molar-refractivity contribution in [3.05, 3.63) is 65.7 Å². The van der Waals surface area contributed by atoms with Gasteiger partial charge in [0.25, 0.3) is 0 Å². The Labute approximate surface area is 129 Å². The van der Waals surface area contributed by atoms with E-state index in [9.17, 15) is 9.90 Å². The maximum absolute atomic E-state index is 11.3. The van der Waals surface area contributed by atoms with Crippen molar-refractivity contribution in [3.8, 4) is 0 Å². The lowest BCUT2D eigenvalue weighted by atomic mass is 10.1. The van der Waals surface area contributed by atoms with Crippen LogP contribution in [0.25, 0.3) is 0 Å². The third-order valence-electron chi connectivity index (χ3n) is 3.12. The summed E-state index contributed by atoms with van der Waals surface area (Å²) in [6, 6.07) is 17.0. The van der Waals surface area contributed by atoms with Gasteiger partial charge in [-0.3, -0.25) is 10.1 Å². The Morgan fingerprint density at radius 2 is 1.81 bits per heavy atom. The number of rotatable bonds is 7. The van der Waals surface area contributed by atoms with Crippen molar-refractivity contribution in [2.45, 2.75) is 17.9 Å². The van der Waals surface area contributed by atoms with Crippen molar-refractivity contribution in [2.24, 2.45) is 0 Å². The second-order valence-electron chi connectivity index (χ2n) is 4.80. The maximum atomic E-state index is 11.3. The van der Waals surface area contributed by atoms with Crippen LogP contribution in [0.15, 0.2) is 59.5 Å². The second kappa shape index (κ2) is 7.86. The number of nitrogens with one attached hydrogen (secondary N) is 1. The van der Waals surface area contributed by atoms with Crippen LogP contribution in [0.2, 0.25) is 0 Å². The Morgan fingerprint density at radius 1 is 1.14 bits per heavy atom. The van der Waals surface area contributed by atoms with Crippen LogP contribution in [0, 0.1) is 6.92 Å². The van der Waals surface area contributed by atoms with Crippen LogP contribution in [0.1, 0.15) is 17.2 Å². The molecule has 0 saturated carbocycles. The Bertz CT molecular complexity index is 569. The normalized spacial score (nSPS) is 12.0. The topological polar surface area (TPSA) is 49.3 Å². The van der Waals surface area contributed by atoms with Gasteiger partial charge in [0.2, 0.25) is 0 Å². The SMILES string of the molecule is Cc1ccc(SCCNC(C(=O)O)c2ccccc2)cc1. The Balaban J connectivity index is 1.83. The van der Waals surface area contributed by atoms with Gasteiger partial charge in [-0.1, -0.05) is 48.0 Å². The van der Waals surface area contributed by atoms with E-state index in [0.717, 1.165) is 11.3 Å². The predicted molar refractivity (Wildman–Crippen MR) is 86.7 cm³/mol. The molecule has 0 heterocycles. The van der Waals surface area contributed by atoms with E-state index in [4.69, 9.17) is 0 Å². The minimum Gasteiger partial charge on any atom is -0.480 e. The Hall–Kier alpha value is -1.78. The zero-order valence-electron chi connectivity index (χ0n) is 12.0. The van der Waals surface area contributed by atoms with Gasteiger partial charge in [0, 0.05) is 17.2 Å². The van der Waals surface area contributed by atoms with Gasteiger partial charge < -0.3 is 5.11 Å². The molecule has 2 rings (SSSR count). The van der Waals surface area contributed by atoms with Gasteiger partial charge in [-0.05, 0) is 24.6 Å². The molecule has 3 nitrogen and oxygen atoms in total. The van der Waals surface area contributed by atoms with Crippen molar-refractivity contribution in [3.63, 3.8) is 0 Å². The van der Waals surface area contributed by atoms with Gasteiger partial charge in [0.1, 0.15) is 6.04 Å². The van der Waals surface area contributed by atoms with Gasteiger partial charge in [0.05, 0.1) is 0 Å². The lowest BCUT2D eigenvalue weighted by Gasteiger charge is -2.14.